The van der Waals surface area contributed by atoms with Gasteiger partial charge in [0.05, 0.1) is 28.4 Å². The first-order chi connectivity index (χ1) is 15.0. The lowest BCUT2D eigenvalue weighted by atomic mass is 9.97. The molecule has 5 unspecified atom stereocenters. The number of thioether (sulfide) groups is 1. The number of ether oxygens (including phenoxy) is 1. The monoisotopic (exact) mass is 531 g/mol. The van der Waals surface area contributed by atoms with Gasteiger partial charge >= 0.3 is 6.18 Å². The van der Waals surface area contributed by atoms with Crippen molar-refractivity contribution in [2.24, 2.45) is 5.73 Å². The van der Waals surface area contributed by atoms with Crippen molar-refractivity contribution < 1.29 is 33.2 Å². The molecule has 2 aromatic rings. The Morgan fingerprint density at radius 2 is 2.00 bits per heavy atom. The summed E-state index contributed by atoms with van der Waals surface area (Å²) in [6, 6.07) is 3.75. The second-order valence-corrected chi connectivity index (χ2v) is 9.57. The summed E-state index contributed by atoms with van der Waals surface area (Å²) in [5, 5.41) is 34.9. The van der Waals surface area contributed by atoms with Crippen LogP contribution in [-0.4, -0.2) is 56.7 Å². The van der Waals surface area contributed by atoms with Crippen LogP contribution in [0.2, 0.25) is 10.0 Å². The molecule has 0 aliphatic carbocycles. The third-order valence-electron chi connectivity index (χ3n) is 4.50. The summed E-state index contributed by atoms with van der Waals surface area (Å²) in [6.07, 6.45) is -7.12. The number of nitrogens with two attached hydrogens (primary N) is 1. The van der Waals surface area contributed by atoms with E-state index in [2.05, 4.69) is 10.3 Å². The molecule has 6 N–H and O–H groups in total. The van der Waals surface area contributed by atoms with Crippen molar-refractivity contribution >= 4 is 52.0 Å². The van der Waals surface area contributed by atoms with Gasteiger partial charge in [-0.3, -0.25) is 0 Å². The Balaban J connectivity index is 1.76. The maximum atomic E-state index is 12.7. The maximum absolute atomic E-state index is 12.7. The summed E-state index contributed by atoms with van der Waals surface area (Å²) in [5.41, 5.74) is 3.71. The van der Waals surface area contributed by atoms with Crippen molar-refractivity contribution in [1.29, 1.82) is 0 Å². The summed E-state index contributed by atoms with van der Waals surface area (Å²) >= 11 is 13.7. The largest absolute Gasteiger partial charge is 0.434 e. The molecule has 2 heterocycles. The van der Waals surface area contributed by atoms with Crippen LogP contribution in [0.25, 0.3) is 5.70 Å². The van der Waals surface area contributed by atoms with Crippen LogP contribution in [0.4, 0.5) is 13.2 Å². The lowest BCUT2D eigenvalue weighted by Crippen LogP contribution is -2.62. The van der Waals surface area contributed by atoms with Crippen molar-refractivity contribution in [2.75, 3.05) is 6.61 Å². The molecule has 1 aromatic carbocycles. The fourth-order valence-corrected chi connectivity index (χ4v) is 5.08. The quantitative estimate of drug-likeness (QED) is 0.385. The van der Waals surface area contributed by atoms with Crippen LogP contribution in [0, 0.1) is 0 Å². The zero-order valence-electron chi connectivity index (χ0n) is 16.0. The minimum Gasteiger partial charge on any atom is -0.395 e. The molecule has 7 nitrogen and oxygen atoms in total. The zero-order valence-corrected chi connectivity index (χ0v) is 19.1. The average Bonchev–Trinajstić information content (AvgIpc) is 3.23. The van der Waals surface area contributed by atoms with E-state index in [1.165, 1.54) is 0 Å². The third-order valence-corrected chi connectivity index (χ3v) is 7.28. The molecule has 1 saturated heterocycles. The Morgan fingerprint density at radius 1 is 1.28 bits per heavy atom. The first-order valence-electron chi connectivity index (χ1n) is 9.00. The smallest absolute Gasteiger partial charge is 0.395 e. The van der Waals surface area contributed by atoms with E-state index >= 15 is 0 Å². The number of nitrogens with zero attached hydrogens (tertiary/aromatic N) is 1. The highest BCUT2D eigenvalue weighted by molar-refractivity contribution is 7.99. The summed E-state index contributed by atoms with van der Waals surface area (Å²) in [4.78, 5) is 4.06. The number of alkyl halides is 3. The number of aliphatic hydroxyl groups excluding tert-OH is 3. The number of thiazole rings is 1. The Kier molecular flexibility index (Phi) is 8.20. The number of aliphatic hydroxyl groups is 3. The lowest BCUT2D eigenvalue weighted by Gasteiger charge is -2.42. The van der Waals surface area contributed by atoms with Crippen molar-refractivity contribution in [3.05, 3.63) is 50.5 Å². The Bertz CT molecular complexity index is 979. The van der Waals surface area contributed by atoms with Crippen molar-refractivity contribution in [2.45, 2.75) is 40.9 Å². The Labute approximate surface area is 199 Å². The Hall–Kier alpha value is -1.25. The molecule has 1 aromatic heterocycles. The highest BCUT2D eigenvalue weighted by atomic mass is 35.5. The fraction of sp³-hybridized carbons (Fsp3) is 0.389. The van der Waals surface area contributed by atoms with Crippen LogP contribution in [0.15, 0.2) is 34.7 Å². The van der Waals surface area contributed by atoms with Gasteiger partial charge in [-0.15, -0.1) is 11.3 Å². The molecule has 0 bridgehead atoms. The van der Waals surface area contributed by atoms with E-state index in [0.29, 0.717) is 26.3 Å². The summed E-state index contributed by atoms with van der Waals surface area (Å²) in [6.45, 7) is -0.537. The van der Waals surface area contributed by atoms with Crippen LogP contribution in [0.1, 0.15) is 10.7 Å². The predicted octanol–water partition coefficient (Wildman–Crippen LogP) is 2.92. The molecular formula is C18H18Cl2F3N3O4S2. The van der Waals surface area contributed by atoms with E-state index in [1.807, 2.05) is 0 Å². The molecule has 1 aliphatic rings. The molecule has 0 saturated carbocycles. The van der Waals surface area contributed by atoms with Crippen LogP contribution >= 0.6 is 46.3 Å². The van der Waals surface area contributed by atoms with E-state index in [1.54, 1.807) is 18.2 Å². The maximum Gasteiger partial charge on any atom is 0.434 e. The SMILES string of the molecule is N/C(=C\NC1C(O)C(CO)OC(Sc2ccc(Cl)c(Cl)c2)C1O)c1nc(C(F)(F)F)cs1. The molecule has 1 fully saturated rings. The van der Waals surface area contributed by atoms with Gasteiger partial charge in [-0.05, 0) is 18.2 Å². The molecule has 14 heteroatoms. The molecule has 1 aliphatic heterocycles. The minimum absolute atomic E-state index is 0.0821. The Morgan fingerprint density at radius 3 is 2.59 bits per heavy atom. The van der Waals surface area contributed by atoms with E-state index in [-0.39, 0.29) is 10.7 Å². The van der Waals surface area contributed by atoms with Gasteiger partial charge in [0.2, 0.25) is 0 Å². The van der Waals surface area contributed by atoms with Crippen LogP contribution in [0.5, 0.6) is 0 Å². The van der Waals surface area contributed by atoms with Gasteiger partial charge in [0.1, 0.15) is 28.8 Å². The second-order valence-electron chi connectivity index (χ2n) is 6.73. The normalized spacial score (nSPS) is 26.9. The highest BCUT2D eigenvalue weighted by Crippen LogP contribution is 2.36. The lowest BCUT2D eigenvalue weighted by molar-refractivity contribution is -0.164. The summed E-state index contributed by atoms with van der Waals surface area (Å²) in [7, 11) is 0. The molecular weight excluding hydrogens is 514 g/mol. The van der Waals surface area contributed by atoms with Crippen LogP contribution < -0.4 is 11.1 Å². The fourth-order valence-electron chi connectivity index (χ4n) is 2.85. The van der Waals surface area contributed by atoms with Crippen LogP contribution in [-0.2, 0) is 10.9 Å². The van der Waals surface area contributed by atoms with Gasteiger partial charge in [0.15, 0.2) is 5.69 Å². The van der Waals surface area contributed by atoms with Gasteiger partial charge in [0.25, 0.3) is 0 Å². The van der Waals surface area contributed by atoms with E-state index in [0.717, 1.165) is 23.3 Å². The number of halogens is 5. The van der Waals surface area contributed by atoms with E-state index < -0.39 is 48.3 Å². The van der Waals surface area contributed by atoms with Crippen molar-refractivity contribution in [1.82, 2.24) is 10.3 Å². The van der Waals surface area contributed by atoms with Gasteiger partial charge < -0.3 is 31.1 Å². The van der Waals surface area contributed by atoms with E-state index in [9.17, 15) is 28.5 Å². The topological polar surface area (TPSA) is 121 Å². The summed E-state index contributed by atoms with van der Waals surface area (Å²) in [5.74, 6) is 0. The average molecular weight is 532 g/mol. The molecule has 176 valence electrons. The van der Waals surface area contributed by atoms with E-state index in [4.69, 9.17) is 33.7 Å². The molecule has 0 radical (unpaired) electrons. The number of hydrogen-bond donors (Lipinski definition) is 5. The zero-order chi connectivity index (χ0) is 23.6. The first kappa shape index (κ1) is 25.4. The number of aromatic nitrogens is 1. The molecule has 0 spiro atoms. The highest BCUT2D eigenvalue weighted by Gasteiger charge is 2.44. The molecule has 32 heavy (non-hydrogen) atoms. The molecule has 0 amide bonds. The summed E-state index contributed by atoms with van der Waals surface area (Å²) < 4.78 is 43.8. The van der Waals surface area contributed by atoms with Gasteiger partial charge in [-0.2, -0.15) is 13.2 Å². The number of benzene rings is 1. The van der Waals surface area contributed by atoms with Gasteiger partial charge in [-0.25, -0.2) is 4.98 Å². The number of hydrogen-bond acceptors (Lipinski definition) is 9. The van der Waals surface area contributed by atoms with Crippen molar-refractivity contribution in [3.8, 4) is 0 Å². The predicted molar refractivity (Wildman–Crippen MR) is 116 cm³/mol. The number of nitrogens with one attached hydrogen (secondary N) is 1. The van der Waals surface area contributed by atoms with Crippen LogP contribution in [0.3, 0.4) is 0 Å². The standard InChI is InChI=1S/C18H18Cl2F3N3O4S2/c19-8-2-1-7(3-9(8)20)32-17-15(29)13(14(28)11(5-27)30-17)25-4-10(24)16-26-12(6-31-16)18(21,22)23/h1-4,6,11,13-15,17,25,27-29H,5,24H2/b10-4-. The number of rotatable bonds is 6. The van der Waals surface area contributed by atoms with Gasteiger partial charge in [0, 0.05) is 16.5 Å². The van der Waals surface area contributed by atoms with Gasteiger partial charge in [-0.1, -0.05) is 35.0 Å². The molecule has 3 rings (SSSR count). The third kappa shape index (κ3) is 5.81. The molecule has 5 atom stereocenters. The second kappa shape index (κ2) is 10.3. The minimum atomic E-state index is -4.60. The van der Waals surface area contributed by atoms with Crippen molar-refractivity contribution in [3.63, 3.8) is 0 Å². The first-order valence-corrected chi connectivity index (χ1v) is 11.5.